The molecule has 0 saturated heterocycles. The predicted molar refractivity (Wildman–Crippen MR) is 245 cm³/mol. The number of aromatic nitrogens is 4. The zero-order valence-corrected chi connectivity index (χ0v) is 33.2. The Bertz CT molecular complexity index is 3350. The van der Waals surface area contributed by atoms with E-state index in [0.717, 1.165) is 49.3 Å². The second-order valence-electron chi connectivity index (χ2n) is 14.9. The van der Waals surface area contributed by atoms with Gasteiger partial charge in [-0.1, -0.05) is 170 Å². The van der Waals surface area contributed by atoms with Crippen molar-refractivity contribution in [2.45, 2.75) is 5.41 Å². The SMILES string of the molecule is c1ccc(-c2nc(-c3cccc4sc5ccc(-c6cccc7sc(-c8ccccc8)nc67)cc5c34)nc(C3(c4ccccc4)c4ccccc4-c4ccccc43)n2)cc1. The number of nitrogens with zero attached hydrogens (tertiary/aromatic N) is 4. The van der Waals surface area contributed by atoms with Crippen LogP contribution >= 0.6 is 22.7 Å². The van der Waals surface area contributed by atoms with E-state index < -0.39 is 5.41 Å². The number of hydrogen-bond acceptors (Lipinski definition) is 6. The first-order valence-electron chi connectivity index (χ1n) is 19.7. The second-order valence-corrected chi connectivity index (χ2v) is 17.0. The summed E-state index contributed by atoms with van der Waals surface area (Å²) in [7, 11) is 0. The summed E-state index contributed by atoms with van der Waals surface area (Å²) in [5.41, 5.74) is 11.4. The topological polar surface area (TPSA) is 51.6 Å². The highest BCUT2D eigenvalue weighted by molar-refractivity contribution is 7.26. The van der Waals surface area contributed by atoms with Gasteiger partial charge in [0.25, 0.3) is 0 Å². The molecule has 1 aliphatic carbocycles. The zero-order chi connectivity index (χ0) is 38.9. The van der Waals surface area contributed by atoms with Crippen molar-refractivity contribution in [3.8, 4) is 55.6 Å². The van der Waals surface area contributed by atoms with Gasteiger partial charge in [0, 0.05) is 42.4 Å². The van der Waals surface area contributed by atoms with Gasteiger partial charge in [-0.2, -0.15) is 0 Å². The lowest BCUT2D eigenvalue weighted by atomic mass is 9.71. The molecule has 276 valence electrons. The Morgan fingerprint density at radius 1 is 0.373 bits per heavy atom. The summed E-state index contributed by atoms with van der Waals surface area (Å²) in [5, 5.41) is 3.34. The molecule has 0 radical (unpaired) electrons. The van der Waals surface area contributed by atoms with Crippen molar-refractivity contribution in [2.24, 2.45) is 0 Å². The molecule has 0 amide bonds. The van der Waals surface area contributed by atoms with Gasteiger partial charge < -0.3 is 0 Å². The molecule has 0 aliphatic heterocycles. The van der Waals surface area contributed by atoms with Crippen LogP contribution in [0.1, 0.15) is 22.5 Å². The molecule has 0 saturated carbocycles. The third kappa shape index (κ3) is 5.27. The average molecular weight is 789 g/mol. The molecule has 0 spiro atoms. The van der Waals surface area contributed by atoms with Crippen molar-refractivity contribution in [1.29, 1.82) is 0 Å². The van der Waals surface area contributed by atoms with Gasteiger partial charge in [-0.3, -0.25) is 0 Å². The van der Waals surface area contributed by atoms with Gasteiger partial charge in [0.15, 0.2) is 17.5 Å². The molecule has 0 unspecified atom stereocenters. The Morgan fingerprint density at radius 2 is 0.966 bits per heavy atom. The molecule has 0 bridgehead atoms. The Morgan fingerprint density at radius 3 is 1.69 bits per heavy atom. The molecule has 8 aromatic carbocycles. The summed E-state index contributed by atoms with van der Waals surface area (Å²) < 4.78 is 3.57. The van der Waals surface area contributed by atoms with Gasteiger partial charge in [0.2, 0.25) is 0 Å². The number of para-hydroxylation sites is 1. The fourth-order valence-corrected chi connectivity index (χ4v) is 11.2. The van der Waals surface area contributed by atoms with Crippen LogP contribution in [0.25, 0.3) is 86.0 Å². The van der Waals surface area contributed by atoms with Crippen LogP contribution < -0.4 is 0 Å². The van der Waals surface area contributed by atoms with Crippen LogP contribution in [-0.2, 0) is 5.41 Å². The Labute approximate surface area is 348 Å². The molecular formula is C53H32N4S2. The second kappa shape index (κ2) is 13.5. The summed E-state index contributed by atoms with van der Waals surface area (Å²) >= 11 is 3.54. The first kappa shape index (κ1) is 34.0. The van der Waals surface area contributed by atoms with E-state index in [1.807, 2.05) is 24.3 Å². The van der Waals surface area contributed by atoms with E-state index in [2.05, 4.69) is 170 Å². The minimum atomic E-state index is -0.779. The average Bonchev–Trinajstić information content (AvgIpc) is 4.01. The van der Waals surface area contributed by atoms with Gasteiger partial charge in [0.1, 0.15) is 10.4 Å². The molecule has 0 atom stereocenters. The third-order valence-electron chi connectivity index (χ3n) is 11.6. The molecule has 0 fully saturated rings. The van der Waals surface area contributed by atoms with Crippen molar-refractivity contribution < 1.29 is 0 Å². The van der Waals surface area contributed by atoms with Crippen LogP contribution in [-0.4, -0.2) is 19.9 Å². The molecule has 3 aromatic heterocycles. The van der Waals surface area contributed by atoms with Crippen molar-refractivity contribution in [3.05, 3.63) is 217 Å². The third-order valence-corrected chi connectivity index (χ3v) is 13.9. The lowest BCUT2D eigenvalue weighted by molar-refractivity contribution is 0.692. The van der Waals surface area contributed by atoms with E-state index in [9.17, 15) is 0 Å². The normalized spacial score (nSPS) is 12.9. The number of fused-ring (bicyclic) bond motifs is 7. The Balaban J connectivity index is 1.11. The minimum absolute atomic E-state index is 0.643. The molecule has 3 heterocycles. The van der Waals surface area contributed by atoms with Gasteiger partial charge in [0.05, 0.1) is 10.2 Å². The zero-order valence-electron chi connectivity index (χ0n) is 31.6. The van der Waals surface area contributed by atoms with Crippen LogP contribution in [0, 0.1) is 0 Å². The molecule has 12 rings (SSSR count). The summed E-state index contributed by atoms with van der Waals surface area (Å²) in [6.07, 6.45) is 0. The van der Waals surface area contributed by atoms with E-state index >= 15 is 0 Å². The number of thiazole rings is 1. The summed E-state index contributed by atoms with van der Waals surface area (Å²) in [4.78, 5) is 21.6. The maximum Gasteiger partial charge on any atom is 0.164 e. The molecule has 6 heteroatoms. The fraction of sp³-hybridized carbons (Fsp3) is 0.0189. The van der Waals surface area contributed by atoms with Crippen LogP contribution in [0.4, 0.5) is 0 Å². The summed E-state index contributed by atoms with van der Waals surface area (Å²) in [5.74, 6) is 1.99. The minimum Gasteiger partial charge on any atom is -0.235 e. The summed E-state index contributed by atoms with van der Waals surface area (Å²) in [6, 6.07) is 68.8. The molecule has 0 N–H and O–H groups in total. The van der Waals surface area contributed by atoms with E-state index in [0.29, 0.717) is 17.5 Å². The van der Waals surface area contributed by atoms with Crippen LogP contribution in [0.2, 0.25) is 0 Å². The van der Waals surface area contributed by atoms with Crippen LogP contribution in [0.3, 0.4) is 0 Å². The highest BCUT2D eigenvalue weighted by Crippen LogP contribution is 2.55. The predicted octanol–water partition coefficient (Wildman–Crippen LogP) is 13.9. The largest absolute Gasteiger partial charge is 0.235 e. The van der Waals surface area contributed by atoms with Crippen LogP contribution in [0.15, 0.2) is 194 Å². The van der Waals surface area contributed by atoms with E-state index in [1.54, 1.807) is 22.7 Å². The Hall–Kier alpha value is -7.12. The van der Waals surface area contributed by atoms with Crippen molar-refractivity contribution in [2.75, 3.05) is 0 Å². The molecule has 59 heavy (non-hydrogen) atoms. The van der Waals surface area contributed by atoms with Gasteiger partial charge >= 0.3 is 0 Å². The lowest BCUT2D eigenvalue weighted by Crippen LogP contribution is -2.31. The van der Waals surface area contributed by atoms with Crippen molar-refractivity contribution in [3.63, 3.8) is 0 Å². The van der Waals surface area contributed by atoms with Gasteiger partial charge in [-0.25, -0.2) is 19.9 Å². The highest BCUT2D eigenvalue weighted by Gasteiger charge is 2.48. The molecule has 4 nitrogen and oxygen atoms in total. The molecule has 11 aromatic rings. The highest BCUT2D eigenvalue weighted by atomic mass is 32.1. The molecule has 1 aliphatic rings. The summed E-state index contributed by atoms with van der Waals surface area (Å²) in [6.45, 7) is 0. The molecular weight excluding hydrogens is 757 g/mol. The van der Waals surface area contributed by atoms with Gasteiger partial charge in [-0.05, 0) is 57.6 Å². The van der Waals surface area contributed by atoms with E-state index in [1.165, 1.54) is 41.7 Å². The smallest absolute Gasteiger partial charge is 0.164 e. The van der Waals surface area contributed by atoms with E-state index in [-0.39, 0.29) is 0 Å². The number of thiophene rings is 1. The fourth-order valence-electron chi connectivity index (χ4n) is 9.05. The van der Waals surface area contributed by atoms with Crippen LogP contribution in [0.5, 0.6) is 0 Å². The number of rotatable bonds is 6. The maximum absolute atomic E-state index is 5.62. The van der Waals surface area contributed by atoms with Gasteiger partial charge in [-0.15, -0.1) is 22.7 Å². The lowest BCUT2D eigenvalue weighted by Gasteiger charge is -2.32. The van der Waals surface area contributed by atoms with Crippen molar-refractivity contribution >= 4 is 53.1 Å². The standard InChI is InChI=1S/C53H32N4S2/c1-4-16-33(17-5-1)49-55-50(57-52(56-49)53(36-20-8-3-9-21-36)42-26-12-10-22-38(42)39-23-11-13-27-43(39)53)40-25-15-28-45-47(40)41-32-35(30-31-44(41)58-45)37-24-14-29-46-48(37)54-51(59-46)34-18-6-2-7-19-34/h1-32H. The first-order chi connectivity index (χ1) is 29.2. The maximum atomic E-state index is 5.62. The van der Waals surface area contributed by atoms with Crippen molar-refractivity contribution in [1.82, 2.24) is 19.9 Å². The first-order valence-corrected chi connectivity index (χ1v) is 21.4. The monoisotopic (exact) mass is 788 g/mol. The Kier molecular flexibility index (Phi) is 7.77. The quantitative estimate of drug-likeness (QED) is 0.168. The van der Waals surface area contributed by atoms with E-state index in [4.69, 9.17) is 19.9 Å². The number of benzene rings is 8. The number of hydrogen-bond donors (Lipinski definition) is 0.